The molecule has 0 saturated carbocycles. The second kappa shape index (κ2) is 3.76. The molecule has 1 unspecified atom stereocenters. The van der Waals surface area contributed by atoms with Gasteiger partial charge in [-0.1, -0.05) is 11.6 Å². The van der Waals surface area contributed by atoms with Crippen molar-refractivity contribution in [3.05, 3.63) is 23.0 Å². The third-order valence-electron chi connectivity index (χ3n) is 1.51. The van der Waals surface area contributed by atoms with Crippen LogP contribution in [0.1, 0.15) is 18.2 Å². The molecule has 0 fully saturated rings. The minimum atomic E-state index is -0.146. The smallest absolute Gasteiger partial charge is 0.0583 e. The molecule has 1 atom stereocenters. The molecule has 3 nitrogen and oxygen atoms in total. The van der Waals surface area contributed by atoms with Crippen LogP contribution in [0.15, 0.2) is 12.3 Å². The molecule has 1 heterocycles. The summed E-state index contributed by atoms with van der Waals surface area (Å²) in [4.78, 5) is 2.92. The molecule has 0 amide bonds. The number of hydrogen-bond donors (Lipinski definition) is 3. The first-order valence-corrected chi connectivity index (χ1v) is 3.82. The third-order valence-corrected chi connectivity index (χ3v) is 1.73. The Bertz CT molecular complexity index is 224. The van der Waals surface area contributed by atoms with Crippen molar-refractivity contribution < 1.29 is 5.11 Å². The minimum Gasteiger partial charge on any atom is -0.396 e. The average Bonchev–Trinajstić information content (AvgIpc) is 2.36. The minimum absolute atomic E-state index is 0.0950. The molecule has 0 aromatic carbocycles. The number of rotatable bonds is 3. The third kappa shape index (κ3) is 2.22. The highest BCUT2D eigenvalue weighted by atomic mass is 35.5. The normalized spacial score (nSPS) is 13.4. The van der Waals surface area contributed by atoms with Crippen molar-refractivity contribution in [1.29, 1.82) is 0 Å². The molecular formula is C7H11ClN2O. The van der Waals surface area contributed by atoms with Crippen molar-refractivity contribution >= 4 is 11.6 Å². The van der Waals surface area contributed by atoms with Gasteiger partial charge in [0, 0.05) is 24.5 Å². The number of nitrogens with two attached hydrogens (primary N) is 1. The van der Waals surface area contributed by atoms with E-state index in [0.29, 0.717) is 11.4 Å². The van der Waals surface area contributed by atoms with Crippen LogP contribution >= 0.6 is 11.6 Å². The van der Waals surface area contributed by atoms with Crippen molar-refractivity contribution in [2.75, 3.05) is 6.61 Å². The lowest BCUT2D eigenvalue weighted by Gasteiger charge is -2.05. The van der Waals surface area contributed by atoms with Gasteiger partial charge in [-0.05, 0) is 12.5 Å². The van der Waals surface area contributed by atoms with Crippen LogP contribution in [-0.2, 0) is 0 Å². The number of aliphatic hydroxyl groups is 1. The van der Waals surface area contributed by atoms with Crippen LogP contribution in [-0.4, -0.2) is 16.7 Å². The van der Waals surface area contributed by atoms with E-state index in [1.165, 1.54) is 0 Å². The van der Waals surface area contributed by atoms with E-state index in [0.717, 1.165) is 5.69 Å². The van der Waals surface area contributed by atoms with Gasteiger partial charge in [-0.15, -0.1) is 0 Å². The first kappa shape index (κ1) is 8.59. The molecule has 0 aliphatic heterocycles. The first-order valence-electron chi connectivity index (χ1n) is 3.44. The molecule has 0 radical (unpaired) electrons. The second-order valence-corrected chi connectivity index (χ2v) is 2.83. The molecule has 0 spiro atoms. The second-order valence-electron chi connectivity index (χ2n) is 2.39. The van der Waals surface area contributed by atoms with E-state index in [2.05, 4.69) is 4.98 Å². The summed E-state index contributed by atoms with van der Waals surface area (Å²) in [6.45, 7) is 0.0950. The van der Waals surface area contributed by atoms with Crippen LogP contribution in [0.3, 0.4) is 0 Å². The van der Waals surface area contributed by atoms with Crippen LogP contribution < -0.4 is 5.73 Å². The zero-order valence-corrected chi connectivity index (χ0v) is 6.80. The summed E-state index contributed by atoms with van der Waals surface area (Å²) in [5, 5.41) is 9.22. The van der Waals surface area contributed by atoms with Crippen molar-refractivity contribution in [2.24, 2.45) is 5.73 Å². The van der Waals surface area contributed by atoms with E-state index >= 15 is 0 Å². The Hall–Kier alpha value is -0.510. The predicted octanol–water partition coefficient (Wildman–Crippen LogP) is 1.05. The Morgan fingerprint density at radius 3 is 2.91 bits per heavy atom. The Labute approximate surface area is 70.2 Å². The van der Waals surface area contributed by atoms with Gasteiger partial charge in [0.25, 0.3) is 0 Å². The summed E-state index contributed by atoms with van der Waals surface area (Å²) in [5.74, 6) is 0. The quantitative estimate of drug-likeness (QED) is 0.642. The number of nitrogens with one attached hydrogen (secondary N) is 1. The molecule has 1 aromatic rings. The fraction of sp³-hybridized carbons (Fsp3) is 0.429. The molecule has 1 rings (SSSR count). The fourth-order valence-corrected chi connectivity index (χ4v) is 1.06. The maximum atomic E-state index is 8.58. The van der Waals surface area contributed by atoms with E-state index < -0.39 is 0 Å². The summed E-state index contributed by atoms with van der Waals surface area (Å²) in [5.41, 5.74) is 6.53. The highest BCUT2D eigenvalue weighted by Crippen LogP contribution is 2.16. The van der Waals surface area contributed by atoms with Gasteiger partial charge in [-0.3, -0.25) is 0 Å². The first-order chi connectivity index (χ1) is 5.24. The molecule has 0 aliphatic carbocycles. The highest BCUT2D eigenvalue weighted by Gasteiger charge is 2.06. The van der Waals surface area contributed by atoms with E-state index in [9.17, 15) is 0 Å². The predicted molar refractivity (Wildman–Crippen MR) is 44.4 cm³/mol. The average molecular weight is 175 g/mol. The number of aliphatic hydroxyl groups excluding tert-OH is 1. The Morgan fingerprint density at radius 1 is 1.73 bits per heavy atom. The topological polar surface area (TPSA) is 62.0 Å². The monoisotopic (exact) mass is 174 g/mol. The molecular weight excluding hydrogens is 164 g/mol. The molecule has 4 N–H and O–H groups in total. The zero-order chi connectivity index (χ0) is 8.27. The molecule has 0 aliphatic rings. The molecule has 1 aromatic heterocycles. The Kier molecular flexibility index (Phi) is 2.93. The number of halogens is 1. The van der Waals surface area contributed by atoms with Gasteiger partial charge in [-0.25, -0.2) is 0 Å². The number of aromatic amines is 1. The van der Waals surface area contributed by atoms with E-state index in [-0.39, 0.29) is 12.6 Å². The van der Waals surface area contributed by atoms with Crippen LogP contribution in [0.2, 0.25) is 5.02 Å². The lowest BCUT2D eigenvalue weighted by molar-refractivity contribution is 0.276. The molecule has 11 heavy (non-hydrogen) atoms. The van der Waals surface area contributed by atoms with E-state index in [4.69, 9.17) is 22.4 Å². The summed E-state index contributed by atoms with van der Waals surface area (Å²) >= 11 is 5.66. The number of aromatic nitrogens is 1. The molecule has 0 bridgehead atoms. The van der Waals surface area contributed by atoms with Gasteiger partial charge in [0.2, 0.25) is 0 Å². The number of H-pyrrole nitrogens is 1. The van der Waals surface area contributed by atoms with Crippen molar-refractivity contribution in [3.8, 4) is 0 Å². The highest BCUT2D eigenvalue weighted by molar-refractivity contribution is 6.30. The van der Waals surface area contributed by atoms with Gasteiger partial charge in [0.15, 0.2) is 0 Å². The van der Waals surface area contributed by atoms with E-state index in [1.54, 1.807) is 12.3 Å². The fourth-order valence-electron chi connectivity index (χ4n) is 0.893. The van der Waals surface area contributed by atoms with Crippen LogP contribution in [0, 0.1) is 0 Å². The van der Waals surface area contributed by atoms with Crippen molar-refractivity contribution in [3.63, 3.8) is 0 Å². The lowest BCUT2D eigenvalue weighted by atomic mass is 10.2. The zero-order valence-electron chi connectivity index (χ0n) is 6.05. The largest absolute Gasteiger partial charge is 0.396 e. The summed E-state index contributed by atoms with van der Waals surface area (Å²) in [7, 11) is 0. The van der Waals surface area contributed by atoms with Gasteiger partial charge in [0.05, 0.1) is 5.02 Å². The van der Waals surface area contributed by atoms with Gasteiger partial charge in [-0.2, -0.15) is 0 Å². The van der Waals surface area contributed by atoms with Crippen LogP contribution in [0.5, 0.6) is 0 Å². The molecule has 0 saturated heterocycles. The van der Waals surface area contributed by atoms with Gasteiger partial charge in [0.1, 0.15) is 0 Å². The van der Waals surface area contributed by atoms with Crippen LogP contribution in [0.25, 0.3) is 0 Å². The van der Waals surface area contributed by atoms with Crippen LogP contribution in [0.4, 0.5) is 0 Å². The standard InChI is InChI=1S/C7H11ClN2O/c8-5-3-7(10-4-5)6(9)1-2-11/h3-4,6,10-11H,1-2,9H2. The Morgan fingerprint density at radius 2 is 2.45 bits per heavy atom. The summed E-state index contributed by atoms with van der Waals surface area (Å²) in [6, 6.07) is 1.62. The lowest BCUT2D eigenvalue weighted by Crippen LogP contribution is -2.11. The van der Waals surface area contributed by atoms with Gasteiger partial charge >= 0.3 is 0 Å². The molecule has 4 heteroatoms. The SMILES string of the molecule is NC(CCO)c1cc(Cl)c[nH]1. The molecule has 62 valence electrons. The van der Waals surface area contributed by atoms with Crippen molar-refractivity contribution in [1.82, 2.24) is 4.98 Å². The summed E-state index contributed by atoms with van der Waals surface area (Å²) in [6.07, 6.45) is 2.23. The van der Waals surface area contributed by atoms with E-state index in [1.807, 2.05) is 0 Å². The summed E-state index contributed by atoms with van der Waals surface area (Å²) < 4.78 is 0. The van der Waals surface area contributed by atoms with Crippen molar-refractivity contribution in [2.45, 2.75) is 12.5 Å². The number of hydrogen-bond acceptors (Lipinski definition) is 2. The van der Waals surface area contributed by atoms with Gasteiger partial charge < -0.3 is 15.8 Å². The maximum absolute atomic E-state index is 8.58. The maximum Gasteiger partial charge on any atom is 0.0583 e. The Balaban J connectivity index is 2.60.